The zero-order chi connectivity index (χ0) is 13.1. The Morgan fingerprint density at radius 1 is 1.41 bits per heavy atom. The Hall–Kier alpha value is -1.13. The minimum atomic E-state index is -0.844. The third-order valence-electron chi connectivity index (χ3n) is 1.96. The van der Waals surface area contributed by atoms with Crippen LogP contribution < -0.4 is 5.48 Å². The number of rotatable bonds is 4. The second-order valence-electron chi connectivity index (χ2n) is 3.32. The molecule has 0 unspecified atom stereocenters. The van der Waals surface area contributed by atoms with Crippen molar-refractivity contribution in [2.45, 2.75) is 26.2 Å². The van der Waals surface area contributed by atoms with Crippen LogP contribution in [-0.4, -0.2) is 17.0 Å². The van der Waals surface area contributed by atoms with Gasteiger partial charge >= 0.3 is 0 Å². The molecule has 17 heavy (non-hydrogen) atoms. The van der Waals surface area contributed by atoms with Gasteiger partial charge in [0.1, 0.15) is 5.82 Å². The number of alkyl halides is 1. The first kappa shape index (κ1) is 15.9. The lowest BCUT2D eigenvalue weighted by Gasteiger charge is -1.97. The van der Waals surface area contributed by atoms with E-state index in [0.717, 1.165) is 11.9 Å². The van der Waals surface area contributed by atoms with Crippen LogP contribution in [0.4, 0.5) is 4.39 Å². The van der Waals surface area contributed by atoms with Crippen LogP contribution in [0.2, 0.25) is 0 Å². The van der Waals surface area contributed by atoms with E-state index in [0.29, 0.717) is 0 Å². The summed E-state index contributed by atoms with van der Waals surface area (Å²) in [4.78, 5) is 10.6. The predicted molar refractivity (Wildman–Crippen MR) is 65.9 cm³/mol. The molecule has 0 aromatic heterocycles. The maximum atomic E-state index is 12.7. The van der Waals surface area contributed by atoms with Crippen molar-refractivity contribution in [2.75, 3.05) is 5.88 Å². The molecule has 0 bridgehead atoms. The average Bonchev–Trinajstić information content (AvgIpc) is 2.37. The summed E-state index contributed by atoms with van der Waals surface area (Å²) >= 11 is 5.38. The van der Waals surface area contributed by atoms with Crippen LogP contribution in [0.15, 0.2) is 24.3 Å². The van der Waals surface area contributed by atoms with Gasteiger partial charge in [-0.3, -0.25) is 10.0 Å². The third kappa shape index (κ3) is 6.92. The number of carbonyl (C=O) groups is 1. The molecule has 0 aliphatic rings. The lowest BCUT2D eigenvalue weighted by Crippen LogP contribution is -2.19. The van der Waals surface area contributed by atoms with Crippen molar-refractivity contribution >= 4 is 17.5 Å². The Balaban J connectivity index is 0.000000366. The van der Waals surface area contributed by atoms with Crippen LogP contribution in [0.5, 0.6) is 0 Å². The maximum absolute atomic E-state index is 12.7. The van der Waals surface area contributed by atoms with E-state index in [-0.39, 0.29) is 5.56 Å². The van der Waals surface area contributed by atoms with E-state index in [1.165, 1.54) is 42.9 Å². The van der Waals surface area contributed by atoms with Crippen LogP contribution >= 0.6 is 11.6 Å². The summed E-state index contributed by atoms with van der Waals surface area (Å²) in [6.07, 6.45) is 3.73. The fourth-order valence-corrected chi connectivity index (χ4v) is 1.24. The molecule has 0 saturated carbocycles. The maximum Gasteiger partial charge on any atom is 0.277 e. The van der Waals surface area contributed by atoms with Crippen LogP contribution in [0.3, 0.4) is 0 Å². The van der Waals surface area contributed by atoms with E-state index in [2.05, 4.69) is 6.92 Å². The van der Waals surface area contributed by atoms with Gasteiger partial charge in [-0.15, -0.1) is 11.6 Å². The molecule has 1 aromatic rings. The van der Waals surface area contributed by atoms with Gasteiger partial charge in [-0.2, -0.15) is 0 Å². The number of halogens is 2. The molecule has 96 valence electrons. The Morgan fingerprint density at radius 3 is 2.47 bits per heavy atom. The molecule has 3 nitrogen and oxygen atoms in total. The summed E-state index contributed by atoms with van der Waals surface area (Å²) < 4.78 is 12.7. The molecule has 0 heterocycles. The molecule has 0 atom stereocenters. The van der Waals surface area contributed by atoms with E-state index in [9.17, 15) is 9.18 Å². The Bertz CT molecular complexity index is 330. The lowest BCUT2D eigenvalue weighted by molar-refractivity contribution is 0.0702. The van der Waals surface area contributed by atoms with E-state index in [1.807, 2.05) is 0 Å². The van der Waals surface area contributed by atoms with Gasteiger partial charge in [-0.25, -0.2) is 9.87 Å². The first-order valence-electron chi connectivity index (χ1n) is 5.42. The second kappa shape index (κ2) is 10.1. The van der Waals surface area contributed by atoms with Crippen LogP contribution in [0.25, 0.3) is 0 Å². The molecule has 1 rings (SSSR count). The number of hydrogen-bond acceptors (Lipinski definition) is 2. The topological polar surface area (TPSA) is 49.3 Å². The van der Waals surface area contributed by atoms with Gasteiger partial charge in [0.25, 0.3) is 5.91 Å². The van der Waals surface area contributed by atoms with Crippen LogP contribution in [0, 0.1) is 5.82 Å². The van der Waals surface area contributed by atoms with Crippen molar-refractivity contribution in [1.82, 2.24) is 5.48 Å². The Kier molecular flexibility index (Phi) is 9.38. The number of hydrogen-bond donors (Lipinski definition) is 2. The highest BCUT2D eigenvalue weighted by atomic mass is 35.5. The van der Waals surface area contributed by atoms with Gasteiger partial charge in [0.2, 0.25) is 0 Å². The van der Waals surface area contributed by atoms with E-state index < -0.39 is 11.7 Å². The fraction of sp³-hybridized carbons (Fsp3) is 0.417. The molecule has 0 aliphatic heterocycles. The molecule has 0 spiro atoms. The summed E-state index contributed by atoms with van der Waals surface area (Å²) in [5.74, 6) is -0.671. The minimum absolute atomic E-state index is 0.171. The molecule has 0 fully saturated rings. The number of carbonyl (C=O) groups excluding carboxylic acids is 1. The number of nitrogens with one attached hydrogen (secondary N) is 1. The molecular formula is C12H17ClFNO2. The Morgan fingerprint density at radius 2 is 2.06 bits per heavy atom. The highest BCUT2D eigenvalue weighted by molar-refractivity contribution is 6.17. The van der Waals surface area contributed by atoms with E-state index >= 15 is 0 Å². The van der Waals surface area contributed by atoms with Gasteiger partial charge in [0, 0.05) is 5.88 Å². The largest absolute Gasteiger partial charge is 0.288 e. The van der Waals surface area contributed by atoms with Gasteiger partial charge in [0.05, 0.1) is 5.56 Å². The zero-order valence-electron chi connectivity index (χ0n) is 9.75. The first-order chi connectivity index (χ1) is 8.17. The molecule has 0 radical (unpaired) electrons. The zero-order valence-corrected chi connectivity index (χ0v) is 10.5. The standard InChI is InChI=1S/C7H6FNO2.C5H11Cl/c8-6-4-2-1-3-5(6)7(10)9-11;1-2-3-4-5-6/h1-4,11H,(H,9,10);2-5H2,1H3. The molecule has 0 aliphatic carbocycles. The quantitative estimate of drug-likeness (QED) is 0.378. The van der Waals surface area contributed by atoms with Crippen molar-refractivity contribution in [1.29, 1.82) is 0 Å². The van der Waals surface area contributed by atoms with Gasteiger partial charge < -0.3 is 0 Å². The molecular weight excluding hydrogens is 245 g/mol. The summed E-state index contributed by atoms with van der Waals surface area (Å²) in [7, 11) is 0. The van der Waals surface area contributed by atoms with Crippen LogP contribution in [-0.2, 0) is 0 Å². The van der Waals surface area contributed by atoms with E-state index in [1.54, 1.807) is 0 Å². The monoisotopic (exact) mass is 261 g/mol. The number of amides is 1. The van der Waals surface area contributed by atoms with Crippen molar-refractivity contribution in [3.8, 4) is 0 Å². The SMILES string of the molecule is CCCCCCl.O=C(NO)c1ccccc1F. The van der Waals surface area contributed by atoms with E-state index in [4.69, 9.17) is 16.8 Å². The smallest absolute Gasteiger partial charge is 0.277 e. The number of benzene rings is 1. The number of unbranched alkanes of at least 4 members (excludes halogenated alkanes) is 2. The highest BCUT2D eigenvalue weighted by Crippen LogP contribution is 2.04. The third-order valence-corrected chi connectivity index (χ3v) is 2.22. The van der Waals surface area contributed by atoms with Crippen molar-refractivity contribution in [3.63, 3.8) is 0 Å². The van der Waals surface area contributed by atoms with Gasteiger partial charge in [-0.05, 0) is 18.6 Å². The summed E-state index contributed by atoms with van der Waals surface area (Å²) in [5.41, 5.74) is 1.17. The van der Waals surface area contributed by atoms with Crippen molar-refractivity contribution < 1.29 is 14.4 Å². The molecule has 1 amide bonds. The Labute approximate surface area is 106 Å². The second-order valence-corrected chi connectivity index (χ2v) is 3.69. The average molecular weight is 262 g/mol. The molecule has 5 heteroatoms. The van der Waals surface area contributed by atoms with Crippen LogP contribution in [0.1, 0.15) is 36.5 Å². The predicted octanol–water partition coefficient (Wildman–Crippen LogP) is 3.36. The summed E-state index contributed by atoms with van der Waals surface area (Å²) in [6.45, 7) is 2.17. The van der Waals surface area contributed by atoms with Gasteiger partial charge in [0.15, 0.2) is 0 Å². The molecule has 2 N–H and O–H groups in total. The molecule has 1 aromatic carbocycles. The summed E-state index contributed by atoms with van der Waals surface area (Å²) in [5, 5.41) is 8.15. The van der Waals surface area contributed by atoms with Gasteiger partial charge in [-0.1, -0.05) is 31.9 Å². The molecule has 0 saturated heterocycles. The van der Waals surface area contributed by atoms with Crippen molar-refractivity contribution in [2.24, 2.45) is 0 Å². The lowest BCUT2D eigenvalue weighted by atomic mass is 10.2. The first-order valence-corrected chi connectivity index (χ1v) is 5.95. The fourth-order valence-electron chi connectivity index (χ4n) is 1.05. The number of hydroxylamine groups is 1. The van der Waals surface area contributed by atoms with Crippen molar-refractivity contribution in [3.05, 3.63) is 35.6 Å². The summed E-state index contributed by atoms with van der Waals surface area (Å²) in [6, 6.07) is 5.39. The highest BCUT2D eigenvalue weighted by Gasteiger charge is 2.07. The minimum Gasteiger partial charge on any atom is -0.288 e. The normalized spacial score (nSPS) is 9.18.